The molecule has 1 aromatic rings. The maximum absolute atomic E-state index is 11.9. The van der Waals surface area contributed by atoms with Crippen molar-refractivity contribution >= 4 is 10.0 Å². The predicted molar refractivity (Wildman–Crippen MR) is 56.5 cm³/mol. The standard InChI is InChI=1S/C9H13N3O2S/c1-4-6-12(5-2)15(13,14)9-7-10-11(3)8-9/h1,7-8H,5-6H2,2-3H3. The summed E-state index contributed by atoms with van der Waals surface area (Å²) in [6.45, 7) is 2.17. The van der Waals surface area contributed by atoms with Crippen LogP contribution in [0.4, 0.5) is 0 Å². The third kappa shape index (κ3) is 2.37. The van der Waals surface area contributed by atoms with Crippen LogP contribution in [0.1, 0.15) is 6.92 Å². The van der Waals surface area contributed by atoms with E-state index in [-0.39, 0.29) is 11.4 Å². The monoisotopic (exact) mass is 227 g/mol. The van der Waals surface area contributed by atoms with Crippen LogP contribution < -0.4 is 0 Å². The number of hydrogen-bond acceptors (Lipinski definition) is 3. The summed E-state index contributed by atoms with van der Waals surface area (Å²) in [5.74, 6) is 2.32. The number of sulfonamides is 1. The molecule has 0 aliphatic rings. The van der Waals surface area contributed by atoms with Crippen molar-refractivity contribution in [1.29, 1.82) is 0 Å². The maximum atomic E-state index is 11.9. The van der Waals surface area contributed by atoms with Gasteiger partial charge in [0.05, 0.1) is 12.7 Å². The van der Waals surface area contributed by atoms with Crippen molar-refractivity contribution in [2.24, 2.45) is 7.05 Å². The second-order valence-electron chi connectivity index (χ2n) is 2.99. The first-order chi connectivity index (χ1) is 7.02. The van der Waals surface area contributed by atoms with Gasteiger partial charge < -0.3 is 0 Å². The van der Waals surface area contributed by atoms with Gasteiger partial charge in [-0.05, 0) is 0 Å². The van der Waals surface area contributed by atoms with Gasteiger partial charge in [0.15, 0.2) is 0 Å². The van der Waals surface area contributed by atoms with Gasteiger partial charge in [-0.15, -0.1) is 6.42 Å². The summed E-state index contributed by atoms with van der Waals surface area (Å²) in [7, 11) is -1.82. The smallest absolute Gasteiger partial charge is 0.247 e. The van der Waals surface area contributed by atoms with Crippen molar-refractivity contribution in [3.63, 3.8) is 0 Å². The summed E-state index contributed by atoms with van der Waals surface area (Å²) in [6, 6.07) is 0. The van der Waals surface area contributed by atoms with E-state index in [1.807, 2.05) is 0 Å². The SMILES string of the molecule is C#CCN(CC)S(=O)(=O)c1cnn(C)c1. The van der Waals surface area contributed by atoms with Gasteiger partial charge >= 0.3 is 0 Å². The first-order valence-electron chi connectivity index (χ1n) is 4.44. The van der Waals surface area contributed by atoms with Crippen LogP contribution in [0.5, 0.6) is 0 Å². The molecule has 1 heterocycles. The molecule has 0 atom stereocenters. The predicted octanol–water partition coefficient (Wildman–Crippen LogP) is 0.0639. The van der Waals surface area contributed by atoms with Crippen molar-refractivity contribution in [2.45, 2.75) is 11.8 Å². The highest BCUT2D eigenvalue weighted by molar-refractivity contribution is 7.89. The minimum Gasteiger partial charge on any atom is -0.274 e. The molecule has 0 amide bonds. The van der Waals surface area contributed by atoms with Crippen molar-refractivity contribution in [3.05, 3.63) is 12.4 Å². The van der Waals surface area contributed by atoms with Crippen LogP contribution in [0.3, 0.4) is 0 Å². The molecule has 0 saturated carbocycles. The van der Waals surface area contributed by atoms with Gasteiger partial charge in [0, 0.05) is 19.8 Å². The zero-order valence-corrected chi connectivity index (χ0v) is 9.53. The quantitative estimate of drug-likeness (QED) is 0.684. The van der Waals surface area contributed by atoms with Gasteiger partial charge in [0.1, 0.15) is 4.90 Å². The molecular weight excluding hydrogens is 214 g/mol. The Morgan fingerprint density at radius 1 is 1.67 bits per heavy atom. The number of terminal acetylenes is 1. The third-order valence-corrected chi connectivity index (χ3v) is 3.81. The first kappa shape index (κ1) is 11.8. The summed E-state index contributed by atoms with van der Waals surface area (Å²) in [4.78, 5) is 0.169. The van der Waals surface area contributed by atoms with E-state index in [4.69, 9.17) is 6.42 Å². The first-order valence-corrected chi connectivity index (χ1v) is 5.88. The average Bonchev–Trinajstić information content (AvgIpc) is 2.61. The number of hydrogen-bond donors (Lipinski definition) is 0. The topological polar surface area (TPSA) is 55.2 Å². The van der Waals surface area contributed by atoms with E-state index in [1.165, 1.54) is 21.4 Å². The van der Waals surface area contributed by atoms with Gasteiger partial charge in [-0.2, -0.15) is 9.40 Å². The number of nitrogens with zero attached hydrogens (tertiary/aromatic N) is 3. The molecule has 0 radical (unpaired) electrons. The van der Waals surface area contributed by atoms with E-state index in [2.05, 4.69) is 11.0 Å². The molecule has 1 aromatic heterocycles. The number of aromatic nitrogens is 2. The van der Waals surface area contributed by atoms with Crippen LogP contribution in [0, 0.1) is 12.3 Å². The fourth-order valence-corrected chi connectivity index (χ4v) is 2.50. The molecular formula is C9H13N3O2S. The molecule has 82 valence electrons. The van der Waals surface area contributed by atoms with Crippen molar-refractivity contribution in [1.82, 2.24) is 14.1 Å². The Morgan fingerprint density at radius 2 is 2.33 bits per heavy atom. The summed E-state index contributed by atoms with van der Waals surface area (Å²) in [5.41, 5.74) is 0. The van der Waals surface area contributed by atoms with Crippen LogP contribution in [0.15, 0.2) is 17.3 Å². The molecule has 0 N–H and O–H groups in total. The molecule has 15 heavy (non-hydrogen) atoms. The Kier molecular flexibility index (Phi) is 3.50. The molecule has 0 spiro atoms. The molecule has 0 aliphatic heterocycles. The van der Waals surface area contributed by atoms with Crippen LogP contribution in [0.25, 0.3) is 0 Å². The lowest BCUT2D eigenvalue weighted by Crippen LogP contribution is -2.31. The fourth-order valence-electron chi connectivity index (χ4n) is 1.15. The molecule has 6 heteroatoms. The summed E-state index contributed by atoms with van der Waals surface area (Å²) < 4.78 is 26.6. The molecule has 0 aromatic carbocycles. The van der Waals surface area contributed by atoms with Crippen LogP contribution in [0.2, 0.25) is 0 Å². The lowest BCUT2D eigenvalue weighted by Gasteiger charge is -2.16. The van der Waals surface area contributed by atoms with Crippen LogP contribution >= 0.6 is 0 Å². The lowest BCUT2D eigenvalue weighted by atomic mass is 10.6. The zero-order chi connectivity index (χ0) is 11.5. The Bertz CT molecular complexity index is 470. The summed E-state index contributed by atoms with van der Waals surface area (Å²) >= 11 is 0. The normalized spacial score (nSPS) is 11.6. The molecule has 1 rings (SSSR count). The molecule has 0 aliphatic carbocycles. The summed E-state index contributed by atoms with van der Waals surface area (Å²) in [5, 5.41) is 3.82. The Morgan fingerprint density at radius 3 is 2.73 bits per heavy atom. The van der Waals surface area contributed by atoms with E-state index in [0.29, 0.717) is 6.54 Å². The van der Waals surface area contributed by atoms with E-state index < -0.39 is 10.0 Å². The number of aryl methyl sites for hydroxylation is 1. The van der Waals surface area contributed by atoms with E-state index in [1.54, 1.807) is 14.0 Å². The third-order valence-electron chi connectivity index (χ3n) is 1.94. The van der Waals surface area contributed by atoms with Gasteiger partial charge in [0.25, 0.3) is 0 Å². The lowest BCUT2D eigenvalue weighted by molar-refractivity contribution is 0.464. The average molecular weight is 227 g/mol. The molecule has 0 bridgehead atoms. The van der Waals surface area contributed by atoms with Crippen LogP contribution in [-0.4, -0.2) is 35.6 Å². The van der Waals surface area contributed by atoms with Gasteiger partial charge in [-0.25, -0.2) is 8.42 Å². The van der Waals surface area contributed by atoms with Crippen molar-refractivity contribution < 1.29 is 8.42 Å². The Balaban J connectivity index is 3.07. The minimum atomic E-state index is -3.48. The Hall–Kier alpha value is -1.32. The van der Waals surface area contributed by atoms with Crippen molar-refractivity contribution in [3.8, 4) is 12.3 Å². The minimum absolute atomic E-state index is 0.0771. The summed E-state index contributed by atoms with van der Waals surface area (Å²) in [6.07, 6.45) is 7.87. The van der Waals surface area contributed by atoms with Gasteiger partial charge in [-0.1, -0.05) is 12.8 Å². The highest BCUT2D eigenvalue weighted by atomic mass is 32.2. The Labute approximate surface area is 89.7 Å². The number of rotatable bonds is 4. The zero-order valence-electron chi connectivity index (χ0n) is 8.71. The highest BCUT2D eigenvalue weighted by Crippen LogP contribution is 2.13. The maximum Gasteiger partial charge on any atom is 0.247 e. The van der Waals surface area contributed by atoms with E-state index in [0.717, 1.165) is 0 Å². The van der Waals surface area contributed by atoms with Gasteiger partial charge in [-0.3, -0.25) is 4.68 Å². The van der Waals surface area contributed by atoms with E-state index >= 15 is 0 Å². The van der Waals surface area contributed by atoms with E-state index in [9.17, 15) is 8.42 Å². The molecule has 5 nitrogen and oxygen atoms in total. The van der Waals surface area contributed by atoms with Crippen LogP contribution in [-0.2, 0) is 17.1 Å². The van der Waals surface area contributed by atoms with Crippen molar-refractivity contribution in [2.75, 3.05) is 13.1 Å². The second-order valence-corrected chi connectivity index (χ2v) is 4.92. The highest BCUT2D eigenvalue weighted by Gasteiger charge is 2.23. The largest absolute Gasteiger partial charge is 0.274 e. The fraction of sp³-hybridized carbons (Fsp3) is 0.444. The molecule has 0 saturated heterocycles. The second kappa shape index (κ2) is 4.47. The molecule has 0 unspecified atom stereocenters. The molecule has 0 fully saturated rings. The van der Waals surface area contributed by atoms with Gasteiger partial charge in [0.2, 0.25) is 10.0 Å².